The van der Waals surface area contributed by atoms with E-state index in [9.17, 15) is 18.0 Å². The highest BCUT2D eigenvalue weighted by Crippen LogP contribution is 2.14. The van der Waals surface area contributed by atoms with E-state index in [-0.39, 0.29) is 23.8 Å². The number of amides is 2. The third kappa shape index (κ3) is 6.67. The van der Waals surface area contributed by atoms with Crippen LogP contribution in [0.2, 0.25) is 0 Å². The van der Waals surface area contributed by atoms with E-state index in [1.54, 1.807) is 26.0 Å². The lowest BCUT2D eigenvalue weighted by Crippen LogP contribution is -2.45. The molecule has 3 N–H and O–H groups in total. The Morgan fingerprint density at radius 3 is 2.39 bits per heavy atom. The molecule has 0 saturated carbocycles. The van der Waals surface area contributed by atoms with Gasteiger partial charge in [0.1, 0.15) is 6.04 Å². The van der Waals surface area contributed by atoms with E-state index >= 15 is 0 Å². The molecule has 0 heterocycles. The molecule has 1 atom stereocenters. The predicted octanol–water partition coefficient (Wildman–Crippen LogP) is 0.758. The zero-order chi connectivity index (χ0) is 17.5. The molecule has 0 aromatic heterocycles. The molecular formula is C14H20BrN3O4S. The first-order valence-electron chi connectivity index (χ1n) is 7.08. The smallest absolute Gasteiger partial charge is 0.242 e. The van der Waals surface area contributed by atoms with Gasteiger partial charge in [-0.1, -0.05) is 15.9 Å². The summed E-state index contributed by atoms with van der Waals surface area (Å²) in [6.45, 7) is 3.77. The van der Waals surface area contributed by atoms with Crippen molar-refractivity contribution in [1.82, 2.24) is 15.4 Å². The topological polar surface area (TPSA) is 104 Å². The Kier molecular flexibility index (Phi) is 7.66. The zero-order valence-electron chi connectivity index (χ0n) is 12.9. The van der Waals surface area contributed by atoms with Gasteiger partial charge in [-0.15, -0.1) is 0 Å². The molecule has 9 heteroatoms. The van der Waals surface area contributed by atoms with Crippen LogP contribution in [0.15, 0.2) is 33.6 Å². The Morgan fingerprint density at radius 1 is 1.22 bits per heavy atom. The summed E-state index contributed by atoms with van der Waals surface area (Å²) in [6, 6.07) is 5.50. The SMILES string of the molecule is CCNC(=O)[C@H](C)NC(=O)CCNS(=O)(=O)c1ccc(Br)cc1. The molecular weight excluding hydrogens is 386 g/mol. The molecule has 1 rings (SSSR count). The molecule has 7 nitrogen and oxygen atoms in total. The Morgan fingerprint density at radius 2 is 1.83 bits per heavy atom. The van der Waals surface area contributed by atoms with Crippen LogP contribution in [0.5, 0.6) is 0 Å². The minimum absolute atomic E-state index is 0.0493. The molecule has 0 aliphatic carbocycles. The normalized spacial score (nSPS) is 12.5. The van der Waals surface area contributed by atoms with Crippen molar-refractivity contribution >= 4 is 37.8 Å². The van der Waals surface area contributed by atoms with Crippen molar-refractivity contribution in [2.45, 2.75) is 31.2 Å². The number of hydrogen-bond acceptors (Lipinski definition) is 4. The molecule has 128 valence electrons. The fourth-order valence-electron chi connectivity index (χ4n) is 1.70. The Balaban J connectivity index is 2.45. The van der Waals surface area contributed by atoms with Gasteiger partial charge in [0.05, 0.1) is 4.90 Å². The van der Waals surface area contributed by atoms with E-state index in [0.717, 1.165) is 4.47 Å². The number of carbonyl (C=O) groups is 2. The summed E-state index contributed by atoms with van der Waals surface area (Å²) in [5, 5.41) is 5.09. The third-order valence-corrected chi connectivity index (χ3v) is 4.90. The lowest BCUT2D eigenvalue weighted by atomic mass is 10.3. The fraction of sp³-hybridized carbons (Fsp3) is 0.429. The second kappa shape index (κ2) is 8.99. The van der Waals surface area contributed by atoms with Crippen molar-refractivity contribution in [3.63, 3.8) is 0 Å². The maximum Gasteiger partial charge on any atom is 0.242 e. The number of halogens is 1. The van der Waals surface area contributed by atoms with Gasteiger partial charge in [-0.05, 0) is 38.1 Å². The molecule has 1 aromatic rings. The van der Waals surface area contributed by atoms with Crippen molar-refractivity contribution in [2.24, 2.45) is 0 Å². The van der Waals surface area contributed by atoms with Crippen LogP contribution in [0.1, 0.15) is 20.3 Å². The Bertz CT molecular complexity index is 646. The van der Waals surface area contributed by atoms with Crippen molar-refractivity contribution in [1.29, 1.82) is 0 Å². The molecule has 0 aliphatic rings. The first-order valence-corrected chi connectivity index (χ1v) is 9.36. The van der Waals surface area contributed by atoms with Crippen LogP contribution in [-0.2, 0) is 19.6 Å². The Hall–Kier alpha value is -1.45. The number of benzene rings is 1. The second-order valence-corrected chi connectivity index (χ2v) is 7.47. The maximum absolute atomic E-state index is 12.0. The van der Waals surface area contributed by atoms with Crippen LogP contribution in [0, 0.1) is 0 Å². The second-order valence-electron chi connectivity index (χ2n) is 4.79. The van der Waals surface area contributed by atoms with Gasteiger partial charge >= 0.3 is 0 Å². The standard InChI is InChI=1S/C14H20BrN3O4S/c1-3-16-14(20)10(2)18-13(19)8-9-17-23(21,22)12-6-4-11(15)5-7-12/h4-7,10,17H,3,8-9H2,1-2H3,(H,16,20)(H,18,19)/t10-/m0/s1. The fourth-order valence-corrected chi connectivity index (χ4v) is 3.00. The quantitative estimate of drug-likeness (QED) is 0.593. The van der Waals surface area contributed by atoms with Gasteiger partial charge in [0.15, 0.2) is 0 Å². The molecule has 1 aromatic carbocycles. The summed E-state index contributed by atoms with van der Waals surface area (Å²) in [5.41, 5.74) is 0. The molecule has 0 aliphatic heterocycles. The monoisotopic (exact) mass is 405 g/mol. The lowest BCUT2D eigenvalue weighted by Gasteiger charge is -2.13. The van der Waals surface area contributed by atoms with Crippen LogP contribution in [0.3, 0.4) is 0 Å². The van der Waals surface area contributed by atoms with Crippen LogP contribution in [0.4, 0.5) is 0 Å². The molecule has 23 heavy (non-hydrogen) atoms. The maximum atomic E-state index is 12.0. The summed E-state index contributed by atoms with van der Waals surface area (Å²) in [4.78, 5) is 23.3. The average Bonchev–Trinajstić information content (AvgIpc) is 2.47. The van der Waals surface area contributed by atoms with E-state index in [1.165, 1.54) is 12.1 Å². The number of likely N-dealkylation sites (N-methyl/N-ethyl adjacent to an activating group) is 1. The highest BCUT2D eigenvalue weighted by atomic mass is 79.9. The summed E-state index contributed by atoms with van der Waals surface area (Å²) < 4.78 is 27.2. The van der Waals surface area contributed by atoms with Gasteiger partial charge in [0.2, 0.25) is 21.8 Å². The molecule has 0 bridgehead atoms. The van der Waals surface area contributed by atoms with Crippen molar-refractivity contribution in [3.05, 3.63) is 28.7 Å². The zero-order valence-corrected chi connectivity index (χ0v) is 15.3. The molecule has 2 amide bonds. The summed E-state index contributed by atoms with van der Waals surface area (Å²) >= 11 is 3.23. The van der Waals surface area contributed by atoms with Gasteiger partial charge in [-0.3, -0.25) is 9.59 Å². The molecule has 0 unspecified atom stereocenters. The van der Waals surface area contributed by atoms with E-state index in [0.29, 0.717) is 6.54 Å². The Labute approximate surface area is 144 Å². The van der Waals surface area contributed by atoms with Crippen LogP contribution < -0.4 is 15.4 Å². The van der Waals surface area contributed by atoms with Crippen molar-refractivity contribution in [2.75, 3.05) is 13.1 Å². The minimum atomic E-state index is -3.66. The highest BCUT2D eigenvalue weighted by molar-refractivity contribution is 9.10. The summed E-state index contributed by atoms with van der Waals surface area (Å²) in [6.07, 6.45) is -0.0560. The van der Waals surface area contributed by atoms with Crippen LogP contribution >= 0.6 is 15.9 Å². The molecule has 0 fully saturated rings. The van der Waals surface area contributed by atoms with Crippen molar-refractivity contribution < 1.29 is 18.0 Å². The largest absolute Gasteiger partial charge is 0.355 e. The van der Waals surface area contributed by atoms with Gasteiger partial charge in [0.25, 0.3) is 0 Å². The summed E-state index contributed by atoms with van der Waals surface area (Å²) in [5.74, 6) is -0.682. The lowest BCUT2D eigenvalue weighted by molar-refractivity contribution is -0.128. The van der Waals surface area contributed by atoms with Gasteiger partial charge < -0.3 is 10.6 Å². The number of sulfonamides is 1. The van der Waals surface area contributed by atoms with E-state index in [1.807, 2.05) is 0 Å². The minimum Gasteiger partial charge on any atom is -0.355 e. The number of rotatable bonds is 8. The molecule has 0 radical (unpaired) electrons. The average molecular weight is 406 g/mol. The number of nitrogens with one attached hydrogen (secondary N) is 3. The first kappa shape index (κ1) is 19.6. The first-order chi connectivity index (χ1) is 10.8. The highest BCUT2D eigenvalue weighted by Gasteiger charge is 2.16. The summed E-state index contributed by atoms with van der Waals surface area (Å²) in [7, 11) is -3.66. The van der Waals surface area contributed by atoms with Crippen LogP contribution in [0.25, 0.3) is 0 Å². The van der Waals surface area contributed by atoms with E-state index in [4.69, 9.17) is 0 Å². The van der Waals surface area contributed by atoms with Gasteiger partial charge in [-0.25, -0.2) is 13.1 Å². The van der Waals surface area contributed by atoms with Crippen LogP contribution in [-0.4, -0.2) is 39.4 Å². The van der Waals surface area contributed by atoms with Gasteiger partial charge in [0, 0.05) is 24.0 Å². The van der Waals surface area contributed by atoms with Gasteiger partial charge in [-0.2, -0.15) is 0 Å². The third-order valence-electron chi connectivity index (χ3n) is 2.89. The van der Waals surface area contributed by atoms with E-state index < -0.39 is 22.0 Å². The van der Waals surface area contributed by atoms with E-state index in [2.05, 4.69) is 31.3 Å². The molecule has 0 spiro atoms. The molecule has 0 saturated heterocycles. The number of hydrogen-bond donors (Lipinski definition) is 3. The number of carbonyl (C=O) groups excluding carboxylic acids is 2. The predicted molar refractivity (Wildman–Crippen MR) is 90.2 cm³/mol. The van der Waals surface area contributed by atoms with Crippen molar-refractivity contribution in [3.8, 4) is 0 Å².